The predicted molar refractivity (Wildman–Crippen MR) is 123 cm³/mol. The zero-order valence-electron chi connectivity index (χ0n) is 17.2. The highest BCUT2D eigenvalue weighted by Gasteiger charge is 2.28. The van der Waals surface area contributed by atoms with Crippen molar-refractivity contribution in [1.29, 1.82) is 0 Å². The van der Waals surface area contributed by atoms with Crippen LogP contribution in [0.3, 0.4) is 0 Å². The molecule has 11 heteroatoms. The Morgan fingerprint density at radius 1 is 1.03 bits per heavy atom. The molecule has 0 saturated carbocycles. The van der Waals surface area contributed by atoms with Gasteiger partial charge in [-0.3, -0.25) is 0 Å². The van der Waals surface area contributed by atoms with Gasteiger partial charge in [-0.25, -0.2) is 9.98 Å². The average Bonchev–Trinajstić information content (AvgIpc) is 2.74. The van der Waals surface area contributed by atoms with Crippen LogP contribution in [0.4, 0.5) is 13.2 Å². The first kappa shape index (κ1) is 26.6. The van der Waals surface area contributed by atoms with Gasteiger partial charge >= 0.3 is 6.18 Å². The van der Waals surface area contributed by atoms with Gasteiger partial charge in [-0.15, -0.1) is 24.0 Å². The van der Waals surface area contributed by atoms with Crippen LogP contribution in [-0.4, -0.2) is 50.5 Å². The first-order valence-corrected chi connectivity index (χ1v) is 9.33. The number of rotatable bonds is 10. The van der Waals surface area contributed by atoms with Crippen LogP contribution in [0.2, 0.25) is 0 Å². The van der Waals surface area contributed by atoms with Crippen molar-refractivity contribution in [3.05, 3.63) is 48.2 Å². The molecule has 0 aliphatic heterocycles. The molecule has 0 aliphatic carbocycles. The summed E-state index contributed by atoms with van der Waals surface area (Å²) in [6.07, 6.45) is -2.96. The monoisotopic (exact) mass is 554 g/mol. The highest BCUT2D eigenvalue weighted by Crippen LogP contribution is 2.17. The molecule has 7 nitrogen and oxygen atoms in total. The molecule has 172 valence electrons. The van der Waals surface area contributed by atoms with E-state index in [2.05, 4.69) is 25.3 Å². The van der Waals surface area contributed by atoms with Gasteiger partial charge in [-0.2, -0.15) is 13.2 Å². The van der Waals surface area contributed by atoms with Crippen molar-refractivity contribution in [2.45, 2.75) is 19.6 Å². The third-order valence-electron chi connectivity index (χ3n) is 3.67. The van der Waals surface area contributed by atoms with Crippen LogP contribution in [0.1, 0.15) is 12.5 Å². The molecule has 0 fully saturated rings. The minimum atomic E-state index is -4.39. The molecule has 0 bridgehead atoms. The maximum Gasteiger partial charge on any atom is 0.422 e. The average molecular weight is 554 g/mol. The molecular formula is C20H26F3IN4O3. The smallest absolute Gasteiger partial charge is 0.422 e. The molecule has 2 aromatic rings. The number of pyridine rings is 1. The van der Waals surface area contributed by atoms with Gasteiger partial charge < -0.3 is 24.8 Å². The fourth-order valence-corrected chi connectivity index (χ4v) is 2.27. The van der Waals surface area contributed by atoms with Crippen LogP contribution in [0.15, 0.2) is 47.6 Å². The minimum absolute atomic E-state index is 0. The topological polar surface area (TPSA) is 77.0 Å². The number of alkyl halides is 3. The van der Waals surface area contributed by atoms with Gasteiger partial charge in [0.15, 0.2) is 12.6 Å². The molecule has 0 saturated heterocycles. The van der Waals surface area contributed by atoms with E-state index >= 15 is 0 Å². The summed E-state index contributed by atoms with van der Waals surface area (Å²) in [5, 5.41) is 6.26. The Morgan fingerprint density at radius 3 is 2.32 bits per heavy atom. The Bertz CT molecular complexity index is 788. The fraction of sp³-hybridized carbons (Fsp3) is 0.400. The quantitative estimate of drug-likeness (QED) is 0.202. The molecule has 1 heterocycles. The van der Waals surface area contributed by atoms with Gasteiger partial charge in [0.05, 0.1) is 20.2 Å². The number of halogens is 4. The van der Waals surface area contributed by atoms with Crippen molar-refractivity contribution in [3.8, 4) is 17.4 Å². The summed E-state index contributed by atoms with van der Waals surface area (Å²) in [7, 11) is 1.60. The number of guanidine groups is 1. The Hall–Kier alpha value is -2.44. The summed E-state index contributed by atoms with van der Waals surface area (Å²) in [5.74, 6) is 2.00. The van der Waals surface area contributed by atoms with Gasteiger partial charge in [0.25, 0.3) is 0 Å². The lowest BCUT2D eigenvalue weighted by Crippen LogP contribution is -2.39. The largest absolute Gasteiger partial charge is 0.497 e. The van der Waals surface area contributed by atoms with Gasteiger partial charge in [0, 0.05) is 18.8 Å². The molecule has 2 rings (SSSR count). The van der Waals surface area contributed by atoms with E-state index in [1.54, 1.807) is 13.2 Å². The maximum atomic E-state index is 12.2. The standard InChI is InChI=1S/C20H25F3N4O3.HI/c1-3-24-19(25-10-11-29-17-7-5-16(28-2)6-8-17)27-13-15-4-9-18(26-12-15)30-14-20(21,22)23;/h4-9,12H,3,10-11,13-14H2,1-2H3,(H2,24,25,27);1H. The lowest BCUT2D eigenvalue weighted by molar-refractivity contribution is -0.154. The Labute approximate surface area is 196 Å². The minimum Gasteiger partial charge on any atom is -0.497 e. The van der Waals surface area contributed by atoms with E-state index in [1.807, 2.05) is 31.2 Å². The fourth-order valence-electron chi connectivity index (χ4n) is 2.27. The van der Waals surface area contributed by atoms with E-state index in [-0.39, 0.29) is 29.9 Å². The van der Waals surface area contributed by atoms with Crippen LogP contribution in [0.5, 0.6) is 17.4 Å². The van der Waals surface area contributed by atoms with Crippen LogP contribution in [0.25, 0.3) is 0 Å². The second-order valence-electron chi connectivity index (χ2n) is 6.05. The van der Waals surface area contributed by atoms with Crippen molar-refractivity contribution in [2.24, 2.45) is 4.99 Å². The number of hydrogen-bond acceptors (Lipinski definition) is 5. The number of hydrogen-bond donors (Lipinski definition) is 2. The first-order valence-electron chi connectivity index (χ1n) is 9.33. The summed E-state index contributed by atoms with van der Waals surface area (Å²) in [6.45, 7) is 2.52. The lowest BCUT2D eigenvalue weighted by atomic mass is 10.3. The van der Waals surface area contributed by atoms with E-state index in [1.165, 1.54) is 12.3 Å². The van der Waals surface area contributed by atoms with Crippen molar-refractivity contribution in [1.82, 2.24) is 15.6 Å². The van der Waals surface area contributed by atoms with Gasteiger partial charge in [0.1, 0.15) is 18.1 Å². The highest BCUT2D eigenvalue weighted by molar-refractivity contribution is 14.0. The van der Waals surface area contributed by atoms with E-state index in [0.717, 1.165) is 17.1 Å². The molecule has 0 amide bonds. The molecular weight excluding hydrogens is 528 g/mol. The number of ether oxygens (including phenoxy) is 3. The van der Waals surface area contributed by atoms with Gasteiger partial charge in [-0.05, 0) is 36.8 Å². The van der Waals surface area contributed by atoms with E-state index < -0.39 is 12.8 Å². The number of nitrogens with zero attached hydrogens (tertiary/aromatic N) is 2. The third-order valence-corrected chi connectivity index (χ3v) is 3.67. The van der Waals surface area contributed by atoms with Crippen LogP contribution in [-0.2, 0) is 6.54 Å². The second kappa shape index (κ2) is 13.8. The van der Waals surface area contributed by atoms with Crippen molar-refractivity contribution in [3.63, 3.8) is 0 Å². The zero-order valence-corrected chi connectivity index (χ0v) is 19.6. The summed E-state index contributed by atoms with van der Waals surface area (Å²) >= 11 is 0. The summed E-state index contributed by atoms with van der Waals surface area (Å²) in [6, 6.07) is 10.3. The van der Waals surface area contributed by atoms with E-state index in [4.69, 9.17) is 9.47 Å². The first-order chi connectivity index (χ1) is 14.4. The molecule has 2 N–H and O–H groups in total. The van der Waals surface area contributed by atoms with Crippen molar-refractivity contribution in [2.75, 3.05) is 33.4 Å². The highest BCUT2D eigenvalue weighted by atomic mass is 127. The molecule has 0 radical (unpaired) electrons. The molecule has 0 atom stereocenters. The van der Waals surface area contributed by atoms with Crippen LogP contribution < -0.4 is 24.8 Å². The molecule has 0 unspecified atom stereocenters. The van der Waals surface area contributed by atoms with E-state index in [9.17, 15) is 13.2 Å². The Morgan fingerprint density at radius 2 is 1.74 bits per heavy atom. The number of nitrogens with one attached hydrogen (secondary N) is 2. The molecule has 0 aliphatic rings. The Balaban J connectivity index is 0.00000480. The summed E-state index contributed by atoms with van der Waals surface area (Å²) < 4.78 is 51.8. The normalized spacial score (nSPS) is 11.3. The van der Waals surface area contributed by atoms with E-state index in [0.29, 0.717) is 32.2 Å². The second-order valence-corrected chi connectivity index (χ2v) is 6.05. The number of benzene rings is 1. The summed E-state index contributed by atoms with van der Waals surface area (Å²) in [5.41, 5.74) is 0.737. The molecule has 1 aromatic heterocycles. The zero-order chi connectivity index (χ0) is 21.8. The van der Waals surface area contributed by atoms with Crippen molar-refractivity contribution >= 4 is 29.9 Å². The molecule has 1 aromatic carbocycles. The van der Waals surface area contributed by atoms with Crippen molar-refractivity contribution < 1.29 is 27.4 Å². The van der Waals surface area contributed by atoms with Gasteiger partial charge in [-0.1, -0.05) is 6.07 Å². The number of aromatic nitrogens is 1. The molecule has 0 spiro atoms. The SMILES string of the molecule is CCNC(=NCc1ccc(OCC(F)(F)F)nc1)NCCOc1ccc(OC)cc1.I. The number of methoxy groups -OCH3 is 1. The van der Waals surface area contributed by atoms with Gasteiger partial charge in [0.2, 0.25) is 5.88 Å². The lowest BCUT2D eigenvalue weighted by Gasteiger charge is -2.12. The van der Waals surface area contributed by atoms with Crippen LogP contribution in [0, 0.1) is 0 Å². The predicted octanol–water partition coefficient (Wildman–Crippen LogP) is 3.78. The maximum absolute atomic E-state index is 12.2. The van der Waals surface area contributed by atoms with Crippen LogP contribution >= 0.6 is 24.0 Å². The summed E-state index contributed by atoms with van der Waals surface area (Å²) in [4.78, 5) is 8.29. The molecule has 31 heavy (non-hydrogen) atoms. The number of aliphatic imine (C=N–C) groups is 1. The third kappa shape index (κ3) is 10.9. The Kier molecular flexibility index (Phi) is 11.8.